The molecule has 0 bridgehead atoms. The first-order chi connectivity index (χ1) is 10.6. The van der Waals surface area contributed by atoms with Gasteiger partial charge in [-0.15, -0.1) is 0 Å². The summed E-state index contributed by atoms with van der Waals surface area (Å²) < 4.78 is 15.9. The molecule has 1 heterocycles. The van der Waals surface area contributed by atoms with E-state index in [0.717, 1.165) is 32.7 Å². The third-order valence-corrected chi connectivity index (χ3v) is 4.02. The fourth-order valence-electron chi connectivity index (χ4n) is 2.65. The highest BCUT2D eigenvalue weighted by Crippen LogP contribution is 2.38. The minimum Gasteiger partial charge on any atom is -0.493 e. The Kier molecular flexibility index (Phi) is 5.49. The zero-order valence-electron chi connectivity index (χ0n) is 13.7. The highest BCUT2D eigenvalue weighted by molar-refractivity contribution is 5.95. The number of amides is 1. The summed E-state index contributed by atoms with van der Waals surface area (Å²) in [5.41, 5.74) is 0.555. The zero-order valence-corrected chi connectivity index (χ0v) is 13.7. The van der Waals surface area contributed by atoms with E-state index in [9.17, 15) is 4.79 Å². The molecule has 0 N–H and O–H groups in total. The Morgan fingerprint density at radius 1 is 1.00 bits per heavy atom. The maximum atomic E-state index is 12.7. The molecule has 0 unspecified atom stereocenters. The van der Waals surface area contributed by atoms with Gasteiger partial charge in [0.25, 0.3) is 5.91 Å². The van der Waals surface area contributed by atoms with Gasteiger partial charge in [-0.1, -0.05) is 6.92 Å². The van der Waals surface area contributed by atoms with Crippen LogP contribution in [0.2, 0.25) is 0 Å². The fourth-order valence-corrected chi connectivity index (χ4v) is 2.65. The molecular weight excluding hydrogens is 284 g/mol. The van der Waals surface area contributed by atoms with Gasteiger partial charge < -0.3 is 24.0 Å². The van der Waals surface area contributed by atoms with Crippen LogP contribution in [0.3, 0.4) is 0 Å². The van der Waals surface area contributed by atoms with Crippen molar-refractivity contribution in [3.05, 3.63) is 17.7 Å². The smallest absolute Gasteiger partial charge is 0.254 e. The molecule has 1 aromatic rings. The Balaban J connectivity index is 2.23. The number of benzene rings is 1. The summed E-state index contributed by atoms with van der Waals surface area (Å²) in [7, 11) is 4.64. The van der Waals surface area contributed by atoms with Gasteiger partial charge in [0.1, 0.15) is 0 Å². The average Bonchev–Trinajstić information content (AvgIpc) is 2.59. The van der Waals surface area contributed by atoms with Crippen molar-refractivity contribution < 1.29 is 19.0 Å². The van der Waals surface area contributed by atoms with Gasteiger partial charge in [-0.3, -0.25) is 4.79 Å². The van der Waals surface area contributed by atoms with Gasteiger partial charge in [0, 0.05) is 31.7 Å². The van der Waals surface area contributed by atoms with Crippen molar-refractivity contribution in [3.8, 4) is 17.2 Å². The van der Waals surface area contributed by atoms with E-state index in [2.05, 4.69) is 11.8 Å². The van der Waals surface area contributed by atoms with E-state index in [0.29, 0.717) is 22.8 Å². The van der Waals surface area contributed by atoms with E-state index in [4.69, 9.17) is 14.2 Å². The van der Waals surface area contributed by atoms with Gasteiger partial charge in [0.2, 0.25) is 5.75 Å². The van der Waals surface area contributed by atoms with E-state index in [-0.39, 0.29) is 5.91 Å². The average molecular weight is 308 g/mol. The molecule has 0 aromatic heterocycles. The van der Waals surface area contributed by atoms with Crippen LogP contribution in [0.4, 0.5) is 0 Å². The number of nitrogens with zero attached hydrogens (tertiary/aromatic N) is 2. The van der Waals surface area contributed by atoms with Crippen molar-refractivity contribution in [2.45, 2.75) is 6.92 Å². The second kappa shape index (κ2) is 7.35. The molecule has 0 aliphatic carbocycles. The van der Waals surface area contributed by atoms with Crippen molar-refractivity contribution in [2.75, 3.05) is 54.1 Å². The zero-order chi connectivity index (χ0) is 16.1. The molecule has 1 fully saturated rings. The van der Waals surface area contributed by atoms with Crippen LogP contribution in [0, 0.1) is 0 Å². The van der Waals surface area contributed by atoms with Gasteiger partial charge in [0.15, 0.2) is 11.5 Å². The third kappa shape index (κ3) is 3.27. The largest absolute Gasteiger partial charge is 0.493 e. The molecule has 2 rings (SSSR count). The van der Waals surface area contributed by atoms with Crippen LogP contribution in [0.1, 0.15) is 17.3 Å². The number of ether oxygens (including phenoxy) is 3. The number of rotatable bonds is 5. The molecule has 0 atom stereocenters. The van der Waals surface area contributed by atoms with E-state index >= 15 is 0 Å². The Bertz CT molecular complexity index is 500. The molecule has 1 aliphatic heterocycles. The van der Waals surface area contributed by atoms with E-state index in [1.54, 1.807) is 33.5 Å². The van der Waals surface area contributed by atoms with Crippen molar-refractivity contribution in [2.24, 2.45) is 0 Å². The Morgan fingerprint density at radius 2 is 1.55 bits per heavy atom. The molecule has 122 valence electrons. The summed E-state index contributed by atoms with van der Waals surface area (Å²) in [6.07, 6.45) is 0. The van der Waals surface area contributed by atoms with Crippen LogP contribution in [0.25, 0.3) is 0 Å². The van der Waals surface area contributed by atoms with Crippen LogP contribution in [-0.4, -0.2) is 69.8 Å². The second-order valence-corrected chi connectivity index (χ2v) is 5.14. The van der Waals surface area contributed by atoms with Gasteiger partial charge in [-0.25, -0.2) is 0 Å². The number of hydrogen-bond donors (Lipinski definition) is 0. The molecule has 0 saturated carbocycles. The topological polar surface area (TPSA) is 51.2 Å². The molecule has 6 nitrogen and oxygen atoms in total. The highest BCUT2D eigenvalue weighted by atomic mass is 16.5. The van der Waals surface area contributed by atoms with Gasteiger partial charge >= 0.3 is 0 Å². The number of likely N-dealkylation sites (N-methyl/N-ethyl adjacent to an activating group) is 1. The van der Waals surface area contributed by atoms with Crippen molar-refractivity contribution in [1.82, 2.24) is 9.80 Å². The number of carbonyl (C=O) groups is 1. The van der Waals surface area contributed by atoms with E-state index in [1.807, 2.05) is 4.90 Å². The normalized spacial score (nSPS) is 15.5. The van der Waals surface area contributed by atoms with Crippen molar-refractivity contribution >= 4 is 5.91 Å². The second-order valence-electron chi connectivity index (χ2n) is 5.14. The molecule has 6 heteroatoms. The molecular formula is C16H24N2O4. The highest BCUT2D eigenvalue weighted by Gasteiger charge is 2.24. The number of piperazine rings is 1. The molecule has 1 amide bonds. The van der Waals surface area contributed by atoms with Crippen LogP contribution in [0.5, 0.6) is 17.2 Å². The number of hydrogen-bond acceptors (Lipinski definition) is 5. The predicted octanol–water partition coefficient (Wildman–Crippen LogP) is 1.49. The first kappa shape index (κ1) is 16.4. The minimum absolute atomic E-state index is 0.00462. The van der Waals surface area contributed by atoms with Gasteiger partial charge in [0.05, 0.1) is 21.3 Å². The first-order valence-corrected chi connectivity index (χ1v) is 7.46. The Hall–Kier alpha value is -1.95. The first-order valence-electron chi connectivity index (χ1n) is 7.46. The lowest BCUT2D eigenvalue weighted by atomic mass is 10.1. The minimum atomic E-state index is -0.00462. The number of methoxy groups -OCH3 is 3. The van der Waals surface area contributed by atoms with Gasteiger partial charge in [-0.2, -0.15) is 0 Å². The van der Waals surface area contributed by atoms with Crippen LogP contribution < -0.4 is 14.2 Å². The van der Waals surface area contributed by atoms with Crippen molar-refractivity contribution in [3.63, 3.8) is 0 Å². The standard InChI is InChI=1S/C16H24N2O4/c1-5-17-6-8-18(9-7-17)16(19)12-10-13(20-2)15(22-4)14(11-12)21-3/h10-11H,5-9H2,1-4H3. The molecule has 0 spiro atoms. The summed E-state index contributed by atoms with van der Waals surface area (Å²) in [5.74, 6) is 1.49. The predicted molar refractivity (Wildman–Crippen MR) is 84.1 cm³/mol. The molecule has 1 saturated heterocycles. The van der Waals surface area contributed by atoms with Crippen molar-refractivity contribution in [1.29, 1.82) is 0 Å². The molecule has 0 radical (unpaired) electrons. The lowest BCUT2D eigenvalue weighted by molar-refractivity contribution is 0.0642. The lowest BCUT2D eigenvalue weighted by Gasteiger charge is -2.34. The Labute approximate surface area is 131 Å². The molecule has 22 heavy (non-hydrogen) atoms. The summed E-state index contributed by atoms with van der Waals surface area (Å²) in [4.78, 5) is 16.9. The summed E-state index contributed by atoms with van der Waals surface area (Å²) in [5, 5.41) is 0. The van der Waals surface area contributed by atoms with E-state index < -0.39 is 0 Å². The van der Waals surface area contributed by atoms with Crippen LogP contribution in [-0.2, 0) is 0 Å². The maximum absolute atomic E-state index is 12.7. The summed E-state index contributed by atoms with van der Waals surface area (Å²) in [6.45, 7) is 6.45. The maximum Gasteiger partial charge on any atom is 0.254 e. The number of carbonyl (C=O) groups excluding carboxylic acids is 1. The van der Waals surface area contributed by atoms with Crippen LogP contribution in [0.15, 0.2) is 12.1 Å². The summed E-state index contributed by atoms with van der Waals surface area (Å²) >= 11 is 0. The quantitative estimate of drug-likeness (QED) is 0.825. The Morgan fingerprint density at radius 3 is 1.95 bits per heavy atom. The fraction of sp³-hybridized carbons (Fsp3) is 0.562. The van der Waals surface area contributed by atoms with Gasteiger partial charge in [-0.05, 0) is 18.7 Å². The SMILES string of the molecule is CCN1CCN(C(=O)c2cc(OC)c(OC)c(OC)c2)CC1. The lowest BCUT2D eigenvalue weighted by Crippen LogP contribution is -2.48. The molecule has 1 aromatic carbocycles. The molecule has 1 aliphatic rings. The summed E-state index contributed by atoms with van der Waals surface area (Å²) in [6, 6.07) is 3.41. The monoisotopic (exact) mass is 308 g/mol. The van der Waals surface area contributed by atoms with E-state index in [1.165, 1.54) is 0 Å². The third-order valence-electron chi connectivity index (χ3n) is 4.02. The van der Waals surface area contributed by atoms with Crippen LogP contribution >= 0.6 is 0 Å².